The van der Waals surface area contributed by atoms with E-state index in [0.717, 1.165) is 18.3 Å². The van der Waals surface area contributed by atoms with E-state index in [0.29, 0.717) is 0 Å². The number of alkyl halides is 1. The number of halogens is 1. The molecule has 1 nitrogen and oxygen atoms in total. The quantitative estimate of drug-likeness (QED) is 0.663. The Morgan fingerprint density at radius 2 is 2.15 bits per heavy atom. The van der Waals surface area contributed by atoms with Gasteiger partial charge in [0.25, 0.3) is 0 Å². The molecule has 0 bridgehead atoms. The Bertz CT molecular complexity index is 111. The molecular formula is C10H22ClNS. The first-order valence-electron chi connectivity index (χ1n) is 5.19. The van der Waals surface area contributed by atoms with E-state index in [1.165, 1.54) is 24.6 Å². The summed E-state index contributed by atoms with van der Waals surface area (Å²) in [5.74, 6) is 4.21. The molecule has 0 N–H and O–H groups in total. The molecule has 13 heavy (non-hydrogen) atoms. The second-order valence-corrected chi connectivity index (χ2v) is 4.70. The lowest BCUT2D eigenvalue weighted by atomic mass is 10.2. The molecule has 0 amide bonds. The van der Waals surface area contributed by atoms with Crippen LogP contribution in [0.2, 0.25) is 0 Å². The number of hydrogen-bond acceptors (Lipinski definition) is 2. The van der Waals surface area contributed by atoms with Crippen LogP contribution in [-0.2, 0) is 0 Å². The zero-order valence-corrected chi connectivity index (χ0v) is 10.6. The second-order valence-electron chi connectivity index (χ2n) is 3.17. The highest BCUT2D eigenvalue weighted by atomic mass is 35.5. The van der Waals surface area contributed by atoms with E-state index in [-0.39, 0.29) is 0 Å². The third-order valence-electron chi connectivity index (χ3n) is 1.92. The lowest BCUT2D eigenvalue weighted by Gasteiger charge is -2.20. The summed E-state index contributed by atoms with van der Waals surface area (Å²) in [4.78, 5) is 2.47. The first-order chi connectivity index (χ1) is 6.33. The first kappa shape index (κ1) is 13.6. The average Bonchev–Trinajstić information content (AvgIpc) is 2.34. The molecule has 1 fully saturated rings. The molecule has 1 atom stereocenters. The van der Waals surface area contributed by atoms with Gasteiger partial charge in [0.05, 0.1) is 0 Å². The van der Waals surface area contributed by atoms with E-state index in [1.807, 2.05) is 13.8 Å². The number of rotatable bonds is 2. The summed E-state index contributed by atoms with van der Waals surface area (Å²) in [6, 6.07) is 0. The summed E-state index contributed by atoms with van der Waals surface area (Å²) in [6.07, 6.45) is 0. The Morgan fingerprint density at radius 1 is 1.46 bits per heavy atom. The predicted molar refractivity (Wildman–Crippen MR) is 65.0 cm³/mol. The molecule has 1 rings (SSSR count). The zero-order valence-electron chi connectivity index (χ0n) is 9.05. The van der Waals surface area contributed by atoms with Gasteiger partial charge in [-0.05, 0) is 11.7 Å². The largest absolute Gasteiger partial charge is 0.301 e. The third-order valence-corrected chi connectivity index (χ3v) is 3.37. The molecule has 0 saturated carbocycles. The van der Waals surface area contributed by atoms with Crippen LogP contribution in [0.4, 0.5) is 0 Å². The van der Waals surface area contributed by atoms with Crippen LogP contribution >= 0.6 is 23.4 Å². The monoisotopic (exact) mass is 223 g/mol. The van der Waals surface area contributed by atoms with E-state index in [2.05, 4.69) is 23.6 Å². The summed E-state index contributed by atoms with van der Waals surface area (Å²) in [5.41, 5.74) is 0. The van der Waals surface area contributed by atoms with E-state index >= 15 is 0 Å². The van der Waals surface area contributed by atoms with Crippen molar-refractivity contribution in [1.82, 2.24) is 4.90 Å². The van der Waals surface area contributed by atoms with Crippen LogP contribution in [0.25, 0.3) is 0 Å². The topological polar surface area (TPSA) is 3.24 Å². The summed E-state index contributed by atoms with van der Waals surface area (Å²) >= 11 is 7.76. The van der Waals surface area contributed by atoms with Gasteiger partial charge < -0.3 is 4.90 Å². The van der Waals surface area contributed by atoms with Crippen LogP contribution in [0.1, 0.15) is 20.8 Å². The van der Waals surface area contributed by atoms with Gasteiger partial charge in [0.1, 0.15) is 0 Å². The summed E-state index contributed by atoms with van der Waals surface area (Å²) in [5, 5.41) is 0. The van der Waals surface area contributed by atoms with Gasteiger partial charge in [-0.3, -0.25) is 0 Å². The van der Waals surface area contributed by atoms with Crippen molar-refractivity contribution in [3.8, 4) is 0 Å². The Balaban J connectivity index is 0.000000671. The van der Waals surface area contributed by atoms with Gasteiger partial charge in [-0.2, -0.15) is 11.8 Å². The van der Waals surface area contributed by atoms with Crippen molar-refractivity contribution in [1.29, 1.82) is 0 Å². The van der Waals surface area contributed by atoms with Crippen LogP contribution in [-0.4, -0.2) is 41.9 Å². The molecule has 0 aromatic carbocycles. The van der Waals surface area contributed by atoms with E-state index in [4.69, 9.17) is 11.6 Å². The Labute approximate surface area is 92.2 Å². The standard InChI is InChI=1S/C8H16ClNS.C2H6/c1-8-6-10(3-2-9)4-5-11-7-8;1-2/h8H,2-7H2,1H3;1-2H3. The molecule has 0 spiro atoms. The van der Waals surface area contributed by atoms with Crippen molar-refractivity contribution < 1.29 is 0 Å². The van der Waals surface area contributed by atoms with Gasteiger partial charge in [-0.25, -0.2) is 0 Å². The van der Waals surface area contributed by atoms with Crippen LogP contribution in [0.5, 0.6) is 0 Å². The highest BCUT2D eigenvalue weighted by Crippen LogP contribution is 2.14. The van der Waals surface area contributed by atoms with Crippen molar-refractivity contribution in [2.75, 3.05) is 37.0 Å². The van der Waals surface area contributed by atoms with E-state index in [1.54, 1.807) is 0 Å². The van der Waals surface area contributed by atoms with E-state index in [9.17, 15) is 0 Å². The van der Waals surface area contributed by atoms with Crippen molar-refractivity contribution in [2.45, 2.75) is 20.8 Å². The van der Waals surface area contributed by atoms with Crippen LogP contribution in [0, 0.1) is 5.92 Å². The average molecular weight is 224 g/mol. The summed E-state index contributed by atoms with van der Waals surface area (Å²) in [6.45, 7) is 9.84. The van der Waals surface area contributed by atoms with Gasteiger partial charge in [0, 0.05) is 31.3 Å². The molecule has 1 saturated heterocycles. The molecule has 1 heterocycles. The van der Waals surface area contributed by atoms with Gasteiger partial charge in [0.15, 0.2) is 0 Å². The number of hydrogen-bond donors (Lipinski definition) is 0. The molecule has 3 heteroatoms. The Kier molecular flexibility index (Phi) is 9.59. The Morgan fingerprint density at radius 3 is 2.77 bits per heavy atom. The molecule has 80 valence electrons. The molecule has 1 aliphatic heterocycles. The first-order valence-corrected chi connectivity index (χ1v) is 6.88. The summed E-state index contributed by atoms with van der Waals surface area (Å²) < 4.78 is 0. The SMILES string of the molecule is CC.CC1CSCCN(CCCl)C1. The minimum absolute atomic E-state index is 0.775. The van der Waals surface area contributed by atoms with Crippen LogP contribution < -0.4 is 0 Å². The van der Waals surface area contributed by atoms with Crippen LogP contribution in [0.15, 0.2) is 0 Å². The second kappa shape index (κ2) is 9.17. The fourth-order valence-corrected chi connectivity index (χ4v) is 2.69. The maximum absolute atomic E-state index is 5.69. The van der Waals surface area contributed by atoms with Crippen LogP contribution in [0.3, 0.4) is 0 Å². The molecule has 0 aromatic heterocycles. The minimum atomic E-state index is 0.775. The molecule has 0 aliphatic carbocycles. The predicted octanol–water partition coefficient (Wildman–Crippen LogP) is 2.94. The van der Waals surface area contributed by atoms with Crippen molar-refractivity contribution in [3.05, 3.63) is 0 Å². The Hall–Kier alpha value is 0.600. The smallest absolute Gasteiger partial charge is 0.0351 e. The maximum atomic E-state index is 5.69. The molecule has 0 aromatic rings. The number of nitrogens with zero attached hydrogens (tertiary/aromatic N) is 1. The van der Waals surface area contributed by atoms with Gasteiger partial charge >= 0.3 is 0 Å². The van der Waals surface area contributed by atoms with Gasteiger partial charge in [-0.1, -0.05) is 20.8 Å². The lowest BCUT2D eigenvalue weighted by Crippen LogP contribution is -2.30. The van der Waals surface area contributed by atoms with Crippen molar-refractivity contribution in [2.24, 2.45) is 5.92 Å². The zero-order chi connectivity index (χ0) is 10.1. The lowest BCUT2D eigenvalue weighted by molar-refractivity contribution is 0.280. The fourth-order valence-electron chi connectivity index (χ4n) is 1.39. The summed E-state index contributed by atoms with van der Waals surface area (Å²) in [7, 11) is 0. The molecular weight excluding hydrogens is 202 g/mol. The molecule has 1 unspecified atom stereocenters. The van der Waals surface area contributed by atoms with Crippen molar-refractivity contribution >= 4 is 23.4 Å². The number of thioether (sulfide) groups is 1. The van der Waals surface area contributed by atoms with Crippen molar-refractivity contribution in [3.63, 3.8) is 0 Å². The van der Waals surface area contributed by atoms with Gasteiger partial charge in [-0.15, -0.1) is 11.6 Å². The third kappa shape index (κ3) is 6.64. The minimum Gasteiger partial charge on any atom is -0.301 e. The molecule has 0 radical (unpaired) electrons. The van der Waals surface area contributed by atoms with Gasteiger partial charge in [0.2, 0.25) is 0 Å². The fraction of sp³-hybridized carbons (Fsp3) is 1.00. The molecule has 1 aliphatic rings. The van der Waals surface area contributed by atoms with E-state index < -0.39 is 0 Å². The maximum Gasteiger partial charge on any atom is 0.0351 e. The normalized spacial score (nSPS) is 24.5. The highest BCUT2D eigenvalue weighted by Gasteiger charge is 2.13. The highest BCUT2D eigenvalue weighted by molar-refractivity contribution is 7.99.